The van der Waals surface area contributed by atoms with Crippen LogP contribution in [-0.4, -0.2) is 48.3 Å². The van der Waals surface area contributed by atoms with Crippen LogP contribution in [0.2, 0.25) is 0 Å². The largest absolute Gasteiger partial charge is 0.465 e. The number of anilines is 2. The van der Waals surface area contributed by atoms with Crippen LogP contribution in [0.4, 0.5) is 10.7 Å². The van der Waals surface area contributed by atoms with Crippen LogP contribution in [0.5, 0.6) is 0 Å². The summed E-state index contributed by atoms with van der Waals surface area (Å²) in [4.78, 5) is 58.1. The normalized spacial score (nSPS) is 29.1. The van der Waals surface area contributed by atoms with E-state index >= 15 is 0 Å². The molecule has 5 heterocycles. The number of hydrogen-bond donors (Lipinski definition) is 1. The fourth-order valence-corrected chi connectivity index (χ4v) is 8.18. The molecule has 1 N–H and O–H groups in total. The molecular weight excluding hydrogens is 466 g/mol. The van der Waals surface area contributed by atoms with Gasteiger partial charge in [0, 0.05) is 17.3 Å². The van der Waals surface area contributed by atoms with Crippen LogP contribution >= 0.6 is 11.3 Å². The van der Waals surface area contributed by atoms with Gasteiger partial charge in [0.1, 0.15) is 15.4 Å². The first-order valence-electron chi connectivity index (χ1n) is 11.9. The highest BCUT2D eigenvalue weighted by Gasteiger charge is 2.75. The SMILES string of the molecule is COC(=O)c1sc(N2C(=O)C3C4CCCN4C4(C(=O)Nc5c(C)cc(C)cc54)C3C2=O)c(C)c1C. The van der Waals surface area contributed by atoms with E-state index in [1.807, 2.05) is 32.9 Å². The standard InChI is InChI=1S/C26H27N3O5S/c1-11-9-12(2)19-15(10-11)26(25(33)27-19)18-17(16-7-6-8-28(16)26)21(30)29(22(18)31)23-14(4)13(3)20(35-23)24(32)34-5/h9-10,16-18H,6-8H2,1-5H3,(H,27,33). The first-order valence-corrected chi connectivity index (χ1v) is 12.7. The summed E-state index contributed by atoms with van der Waals surface area (Å²) < 4.78 is 4.91. The van der Waals surface area contributed by atoms with Gasteiger partial charge in [-0.25, -0.2) is 9.69 Å². The topological polar surface area (TPSA) is 96.0 Å². The maximum absolute atomic E-state index is 14.2. The number of carbonyl (C=O) groups excluding carboxylic acids is 4. The Morgan fingerprint density at radius 1 is 1.11 bits per heavy atom. The van der Waals surface area contributed by atoms with E-state index in [0.29, 0.717) is 27.5 Å². The Kier molecular flexibility index (Phi) is 4.64. The molecular formula is C26H27N3O5S. The number of benzene rings is 1. The summed E-state index contributed by atoms with van der Waals surface area (Å²) in [5.74, 6) is -2.78. The van der Waals surface area contributed by atoms with Crippen LogP contribution in [0.15, 0.2) is 12.1 Å². The lowest BCUT2D eigenvalue weighted by atomic mass is 9.75. The first kappa shape index (κ1) is 22.4. The summed E-state index contributed by atoms with van der Waals surface area (Å²) in [6, 6.07) is 3.83. The van der Waals surface area contributed by atoms with E-state index in [1.165, 1.54) is 12.0 Å². The second kappa shape index (κ2) is 7.24. The van der Waals surface area contributed by atoms with Gasteiger partial charge in [0.05, 0.1) is 18.9 Å². The fourth-order valence-electron chi connectivity index (χ4n) is 6.94. The number of hydrogen-bond acceptors (Lipinski definition) is 7. The Balaban J connectivity index is 1.55. The summed E-state index contributed by atoms with van der Waals surface area (Å²) in [6.07, 6.45) is 1.63. The van der Waals surface area contributed by atoms with Crippen LogP contribution in [0.25, 0.3) is 0 Å². The second-order valence-electron chi connectivity index (χ2n) is 10.1. The van der Waals surface area contributed by atoms with Crippen molar-refractivity contribution in [1.29, 1.82) is 0 Å². The molecule has 0 bridgehead atoms. The number of imide groups is 1. The predicted molar refractivity (Wildman–Crippen MR) is 131 cm³/mol. The number of amides is 3. The van der Waals surface area contributed by atoms with Gasteiger partial charge in [0.15, 0.2) is 0 Å². The van der Waals surface area contributed by atoms with Gasteiger partial charge in [-0.05, 0) is 63.8 Å². The van der Waals surface area contributed by atoms with Crippen LogP contribution in [0.1, 0.15) is 50.3 Å². The highest BCUT2D eigenvalue weighted by molar-refractivity contribution is 7.18. The Hall–Kier alpha value is -3.04. The lowest BCUT2D eigenvalue weighted by Crippen LogP contribution is -2.54. The molecule has 3 fully saturated rings. The predicted octanol–water partition coefficient (Wildman–Crippen LogP) is 3.20. The van der Waals surface area contributed by atoms with Gasteiger partial charge in [0.2, 0.25) is 17.7 Å². The lowest BCUT2D eigenvalue weighted by Gasteiger charge is -2.36. The van der Waals surface area contributed by atoms with E-state index in [1.54, 1.807) is 6.92 Å². The maximum Gasteiger partial charge on any atom is 0.348 e. The summed E-state index contributed by atoms with van der Waals surface area (Å²) in [5, 5.41) is 3.52. The number of nitrogens with zero attached hydrogens (tertiary/aromatic N) is 2. The van der Waals surface area contributed by atoms with E-state index < -0.39 is 23.3 Å². The van der Waals surface area contributed by atoms with Crippen molar-refractivity contribution in [3.05, 3.63) is 44.8 Å². The van der Waals surface area contributed by atoms with Crippen LogP contribution in [0.3, 0.4) is 0 Å². The minimum absolute atomic E-state index is 0.180. The van der Waals surface area contributed by atoms with Crippen molar-refractivity contribution in [3.8, 4) is 0 Å². The smallest absolute Gasteiger partial charge is 0.348 e. The lowest BCUT2D eigenvalue weighted by molar-refractivity contribution is -0.135. The van der Waals surface area contributed by atoms with E-state index in [9.17, 15) is 19.2 Å². The molecule has 1 aromatic carbocycles. The van der Waals surface area contributed by atoms with Crippen molar-refractivity contribution in [3.63, 3.8) is 0 Å². The molecule has 3 amide bonds. The van der Waals surface area contributed by atoms with Crippen LogP contribution < -0.4 is 10.2 Å². The number of nitrogens with one attached hydrogen (secondary N) is 1. The molecule has 0 aliphatic carbocycles. The average molecular weight is 494 g/mol. The minimum Gasteiger partial charge on any atom is -0.465 e. The molecule has 4 aliphatic heterocycles. The Morgan fingerprint density at radius 3 is 2.57 bits per heavy atom. The zero-order valence-corrected chi connectivity index (χ0v) is 21.2. The first-order chi connectivity index (χ1) is 16.6. The number of methoxy groups -OCH3 is 1. The molecule has 4 atom stereocenters. The van der Waals surface area contributed by atoms with E-state index in [2.05, 4.69) is 10.2 Å². The highest BCUT2D eigenvalue weighted by Crippen LogP contribution is 2.61. The monoisotopic (exact) mass is 493 g/mol. The molecule has 182 valence electrons. The number of ether oxygens (including phenoxy) is 1. The molecule has 35 heavy (non-hydrogen) atoms. The molecule has 4 aliphatic rings. The van der Waals surface area contributed by atoms with Gasteiger partial charge in [-0.1, -0.05) is 17.7 Å². The number of fused-ring (bicyclic) bond motifs is 7. The summed E-state index contributed by atoms with van der Waals surface area (Å²) in [6.45, 7) is 8.21. The molecule has 3 saturated heterocycles. The van der Waals surface area contributed by atoms with Gasteiger partial charge in [-0.15, -0.1) is 11.3 Å². The fraction of sp³-hybridized carbons (Fsp3) is 0.462. The molecule has 1 spiro atoms. The number of carbonyl (C=O) groups is 4. The summed E-state index contributed by atoms with van der Waals surface area (Å²) in [5.41, 5.74) is 3.71. The third kappa shape index (κ3) is 2.55. The van der Waals surface area contributed by atoms with Gasteiger partial charge in [-0.2, -0.15) is 0 Å². The molecule has 0 radical (unpaired) electrons. The molecule has 6 rings (SSSR count). The van der Waals surface area contributed by atoms with Gasteiger partial charge >= 0.3 is 5.97 Å². The quantitative estimate of drug-likeness (QED) is 0.510. The van der Waals surface area contributed by atoms with Crippen LogP contribution in [0, 0.1) is 39.5 Å². The second-order valence-corrected chi connectivity index (χ2v) is 11.1. The van der Waals surface area contributed by atoms with E-state index in [4.69, 9.17) is 4.74 Å². The van der Waals surface area contributed by atoms with Crippen molar-refractivity contribution in [1.82, 2.24) is 4.90 Å². The Morgan fingerprint density at radius 2 is 1.86 bits per heavy atom. The number of thiophene rings is 1. The number of rotatable bonds is 2. The van der Waals surface area contributed by atoms with Gasteiger partial charge in [0.25, 0.3) is 0 Å². The zero-order chi connectivity index (χ0) is 25.0. The molecule has 0 saturated carbocycles. The van der Waals surface area contributed by atoms with Crippen molar-refractivity contribution < 1.29 is 23.9 Å². The van der Waals surface area contributed by atoms with Crippen molar-refractivity contribution in [2.24, 2.45) is 11.8 Å². The molecule has 4 unspecified atom stereocenters. The van der Waals surface area contributed by atoms with E-state index in [0.717, 1.165) is 46.6 Å². The molecule has 2 aromatic rings. The maximum atomic E-state index is 14.2. The Labute approximate surface area is 207 Å². The Bertz CT molecular complexity index is 1360. The number of esters is 1. The third-order valence-electron chi connectivity index (χ3n) is 8.44. The molecule has 8 nitrogen and oxygen atoms in total. The summed E-state index contributed by atoms with van der Waals surface area (Å²) >= 11 is 1.11. The third-order valence-corrected chi connectivity index (χ3v) is 9.80. The van der Waals surface area contributed by atoms with Crippen molar-refractivity contribution in [2.45, 2.75) is 52.1 Å². The van der Waals surface area contributed by atoms with Gasteiger partial charge < -0.3 is 10.1 Å². The minimum atomic E-state index is -1.20. The molecule has 1 aromatic heterocycles. The highest BCUT2D eigenvalue weighted by atomic mass is 32.1. The van der Waals surface area contributed by atoms with E-state index in [-0.39, 0.29) is 23.8 Å². The summed E-state index contributed by atoms with van der Waals surface area (Å²) in [7, 11) is 1.31. The zero-order valence-electron chi connectivity index (χ0n) is 20.4. The van der Waals surface area contributed by atoms with Gasteiger partial charge in [-0.3, -0.25) is 19.3 Å². The number of aryl methyl sites for hydroxylation is 2. The van der Waals surface area contributed by atoms with Crippen molar-refractivity contribution >= 4 is 45.7 Å². The van der Waals surface area contributed by atoms with Crippen LogP contribution in [-0.2, 0) is 24.7 Å². The molecule has 9 heteroatoms. The van der Waals surface area contributed by atoms with Crippen molar-refractivity contribution in [2.75, 3.05) is 23.9 Å². The average Bonchev–Trinajstić information content (AvgIpc) is 3.57.